The molecule has 0 aliphatic heterocycles. The molecule has 1 atom stereocenters. The van der Waals surface area contributed by atoms with Crippen LogP contribution < -0.4 is 14.8 Å². The lowest BCUT2D eigenvalue weighted by Crippen LogP contribution is -2.33. The third kappa shape index (κ3) is 5.14. The molecule has 7 nitrogen and oxygen atoms in total. The van der Waals surface area contributed by atoms with E-state index in [2.05, 4.69) is 15.3 Å². The number of imidazole rings is 1. The van der Waals surface area contributed by atoms with Gasteiger partial charge in [-0.3, -0.25) is 4.98 Å². The van der Waals surface area contributed by atoms with Crippen molar-refractivity contribution < 1.29 is 14.6 Å². The van der Waals surface area contributed by atoms with E-state index in [1.165, 1.54) is 0 Å². The Bertz CT molecular complexity index is 1050. The quantitative estimate of drug-likeness (QED) is 0.396. The normalized spacial score (nSPS) is 12.0. The van der Waals surface area contributed by atoms with Crippen molar-refractivity contribution in [3.05, 3.63) is 79.5 Å². The van der Waals surface area contributed by atoms with Gasteiger partial charge in [-0.2, -0.15) is 0 Å². The van der Waals surface area contributed by atoms with Crippen LogP contribution in [0.25, 0.3) is 16.6 Å². The molecule has 2 N–H and O–H groups in total. The number of hydrogen-bond acceptors (Lipinski definition) is 6. The number of nitrogens with zero attached hydrogens (tertiary/aromatic N) is 3. The first kappa shape index (κ1) is 19.9. The molecule has 0 saturated heterocycles. The third-order valence-corrected chi connectivity index (χ3v) is 4.59. The summed E-state index contributed by atoms with van der Waals surface area (Å²) in [7, 11) is 0. The summed E-state index contributed by atoms with van der Waals surface area (Å²) in [5.41, 5.74) is 1.83. The first-order chi connectivity index (χ1) is 14.8. The van der Waals surface area contributed by atoms with Gasteiger partial charge in [0, 0.05) is 42.8 Å². The minimum absolute atomic E-state index is 0.194. The van der Waals surface area contributed by atoms with E-state index < -0.39 is 6.10 Å². The number of hydrogen-bond donors (Lipinski definition) is 2. The van der Waals surface area contributed by atoms with E-state index in [1.54, 1.807) is 18.7 Å². The molecule has 0 saturated carbocycles. The van der Waals surface area contributed by atoms with E-state index in [-0.39, 0.29) is 6.61 Å². The molecule has 30 heavy (non-hydrogen) atoms. The van der Waals surface area contributed by atoms with Gasteiger partial charge in [-0.1, -0.05) is 18.2 Å². The van der Waals surface area contributed by atoms with Crippen LogP contribution in [0.1, 0.15) is 0 Å². The molecule has 4 rings (SSSR count). The number of nitrogens with one attached hydrogen (secondary N) is 1. The third-order valence-electron chi connectivity index (χ3n) is 4.59. The number of benzene rings is 2. The van der Waals surface area contributed by atoms with Gasteiger partial charge in [-0.05, 0) is 36.4 Å². The molecule has 154 valence electrons. The van der Waals surface area contributed by atoms with Gasteiger partial charge in [-0.25, -0.2) is 4.98 Å². The summed E-state index contributed by atoms with van der Waals surface area (Å²) < 4.78 is 13.4. The van der Waals surface area contributed by atoms with E-state index in [4.69, 9.17) is 9.47 Å². The van der Waals surface area contributed by atoms with Crippen molar-refractivity contribution in [3.63, 3.8) is 0 Å². The van der Waals surface area contributed by atoms with Crippen molar-refractivity contribution in [3.8, 4) is 17.2 Å². The maximum absolute atomic E-state index is 10.2. The first-order valence-electron chi connectivity index (χ1n) is 9.86. The van der Waals surface area contributed by atoms with Gasteiger partial charge < -0.3 is 24.5 Å². The molecule has 0 aliphatic rings. The zero-order chi connectivity index (χ0) is 20.6. The van der Waals surface area contributed by atoms with E-state index in [0.29, 0.717) is 25.4 Å². The average Bonchev–Trinajstić information content (AvgIpc) is 3.33. The van der Waals surface area contributed by atoms with E-state index in [9.17, 15) is 5.11 Å². The maximum Gasteiger partial charge on any atom is 0.145 e. The molecular formula is C23H24N4O3. The Morgan fingerprint density at radius 2 is 1.87 bits per heavy atom. The fourth-order valence-corrected chi connectivity index (χ4v) is 3.07. The van der Waals surface area contributed by atoms with Gasteiger partial charge in [0.25, 0.3) is 0 Å². The van der Waals surface area contributed by atoms with Gasteiger partial charge >= 0.3 is 0 Å². The van der Waals surface area contributed by atoms with E-state index >= 15 is 0 Å². The molecule has 0 bridgehead atoms. The summed E-state index contributed by atoms with van der Waals surface area (Å²) in [4.78, 5) is 8.39. The Labute approximate surface area is 174 Å². The molecule has 1 unspecified atom stereocenters. The fraction of sp³-hybridized carbons (Fsp3) is 0.217. The minimum Gasteiger partial charge on any atom is -0.492 e. The molecule has 0 aliphatic carbocycles. The topological polar surface area (TPSA) is 81.4 Å². The van der Waals surface area contributed by atoms with Crippen LogP contribution in [-0.2, 0) is 0 Å². The van der Waals surface area contributed by atoms with Gasteiger partial charge in [0.05, 0.1) is 6.33 Å². The lowest BCUT2D eigenvalue weighted by atomic mass is 10.2. The number of para-hydroxylation sites is 1. The Balaban J connectivity index is 1.15. The highest BCUT2D eigenvalue weighted by Gasteiger charge is 2.08. The first-order valence-corrected chi connectivity index (χ1v) is 9.86. The Kier molecular flexibility index (Phi) is 6.54. The molecule has 0 amide bonds. The highest BCUT2D eigenvalue weighted by molar-refractivity contribution is 5.84. The lowest BCUT2D eigenvalue weighted by Gasteiger charge is -2.14. The van der Waals surface area contributed by atoms with Crippen LogP contribution >= 0.6 is 0 Å². The van der Waals surface area contributed by atoms with Crippen molar-refractivity contribution in [1.29, 1.82) is 0 Å². The van der Waals surface area contributed by atoms with Crippen LogP contribution in [0.15, 0.2) is 79.5 Å². The summed E-state index contributed by atoms with van der Waals surface area (Å²) in [5.74, 6) is 1.47. The molecule has 0 radical (unpaired) electrons. The number of fused-ring (bicyclic) bond motifs is 1. The standard InChI is InChI=1S/C23H24N4O3/c28-20(16-30-22-5-1-3-18-4-2-10-26-23(18)22)15-24-12-14-29-21-8-6-19(7-9-21)27-13-11-25-17-27/h1-11,13,17,20,24,28H,12,14-16H2. The summed E-state index contributed by atoms with van der Waals surface area (Å²) >= 11 is 0. The number of aliphatic hydroxyl groups excluding tert-OH is 1. The number of pyridine rings is 1. The van der Waals surface area contributed by atoms with Crippen LogP contribution in [0.5, 0.6) is 11.5 Å². The monoisotopic (exact) mass is 404 g/mol. The van der Waals surface area contributed by atoms with Crippen LogP contribution in [0, 0.1) is 0 Å². The van der Waals surface area contributed by atoms with Crippen LogP contribution in [-0.4, -0.2) is 52.0 Å². The van der Waals surface area contributed by atoms with Crippen LogP contribution in [0.2, 0.25) is 0 Å². The summed E-state index contributed by atoms with van der Waals surface area (Å²) in [5, 5.41) is 14.4. The molecule has 0 fully saturated rings. The molecule has 2 aromatic carbocycles. The zero-order valence-electron chi connectivity index (χ0n) is 16.5. The molecular weight excluding hydrogens is 380 g/mol. The summed E-state index contributed by atoms with van der Waals surface area (Å²) in [6.07, 6.45) is 6.50. The highest BCUT2D eigenvalue weighted by Crippen LogP contribution is 2.22. The molecule has 4 aromatic rings. The van der Waals surface area contributed by atoms with E-state index in [1.807, 2.05) is 65.4 Å². The van der Waals surface area contributed by atoms with Gasteiger partial charge in [0.1, 0.15) is 36.3 Å². The predicted molar refractivity (Wildman–Crippen MR) is 115 cm³/mol. The number of aliphatic hydroxyl groups is 1. The SMILES string of the molecule is OC(CNCCOc1ccc(-n2ccnc2)cc1)COc1cccc2cccnc12. The van der Waals surface area contributed by atoms with Crippen molar-refractivity contribution in [1.82, 2.24) is 19.9 Å². The van der Waals surface area contributed by atoms with Crippen molar-refractivity contribution in [2.24, 2.45) is 0 Å². The largest absolute Gasteiger partial charge is 0.492 e. The molecule has 2 heterocycles. The smallest absolute Gasteiger partial charge is 0.145 e. The Morgan fingerprint density at radius 3 is 2.70 bits per heavy atom. The van der Waals surface area contributed by atoms with Crippen molar-refractivity contribution in [2.45, 2.75) is 6.10 Å². The maximum atomic E-state index is 10.2. The van der Waals surface area contributed by atoms with E-state index in [0.717, 1.165) is 22.3 Å². The minimum atomic E-state index is -0.626. The second-order valence-electron chi connectivity index (χ2n) is 6.81. The number of ether oxygens (including phenoxy) is 2. The van der Waals surface area contributed by atoms with Crippen LogP contribution in [0.4, 0.5) is 0 Å². The highest BCUT2D eigenvalue weighted by atomic mass is 16.5. The fourth-order valence-electron chi connectivity index (χ4n) is 3.07. The number of aromatic nitrogens is 3. The van der Waals surface area contributed by atoms with Gasteiger partial charge in [0.15, 0.2) is 0 Å². The zero-order valence-corrected chi connectivity index (χ0v) is 16.5. The Morgan fingerprint density at radius 1 is 1.00 bits per heavy atom. The Hall–Kier alpha value is -3.42. The summed E-state index contributed by atoms with van der Waals surface area (Å²) in [6.45, 7) is 1.74. The predicted octanol–water partition coefficient (Wildman–Crippen LogP) is 2.83. The van der Waals surface area contributed by atoms with Crippen molar-refractivity contribution in [2.75, 3.05) is 26.3 Å². The molecule has 7 heteroatoms. The number of rotatable bonds is 10. The van der Waals surface area contributed by atoms with Gasteiger partial charge in [-0.15, -0.1) is 0 Å². The van der Waals surface area contributed by atoms with Gasteiger partial charge in [0.2, 0.25) is 0 Å². The van der Waals surface area contributed by atoms with Crippen LogP contribution in [0.3, 0.4) is 0 Å². The van der Waals surface area contributed by atoms with Crippen molar-refractivity contribution >= 4 is 10.9 Å². The summed E-state index contributed by atoms with van der Waals surface area (Å²) in [6, 6.07) is 17.5. The molecule has 2 aromatic heterocycles. The lowest BCUT2D eigenvalue weighted by molar-refractivity contribution is 0.106. The second-order valence-corrected chi connectivity index (χ2v) is 6.81. The molecule has 0 spiro atoms. The second kappa shape index (κ2) is 9.87. The average molecular weight is 404 g/mol.